The molecule has 2 N–H and O–H groups in total. The predicted molar refractivity (Wildman–Crippen MR) is 106 cm³/mol. The van der Waals surface area contributed by atoms with Crippen molar-refractivity contribution < 1.29 is 24.3 Å². The number of hydroxylamine groups is 1. The molecule has 0 unspecified atom stereocenters. The Hall–Kier alpha value is -1.59. The highest BCUT2D eigenvalue weighted by atomic mass is 16.7. The molecule has 6 nitrogen and oxygen atoms in total. The SMILES string of the molecule is CCCCCCCCCCCCCCCC(=O)NOC(=O)CCCC(=O)O. The van der Waals surface area contributed by atoms with Crippen molar-refractivity contribution in [2.75, 3.05) is 0 Å². The lowest BCUT2D eigenvalue weighted by molar-refractivity contribution is -0.158. The molecule has 0 atom stereocenters. The van der Waals surface area contributed by atoms with E-state index in [0.29, 0.717) is 6.42 Å². The van der Waals surface area contributed by atoms with Gasteiger partial charge in [-0.05, 0) is 12.8 Å². The number of carbonyl (C=O) groups is 3. The molecule has 0 rings (SSSR count). The molecule has 0 bridgehead atoms. The zero-order valence-corrected chi connectivity index (χ0v) is 17.1. The zero-order valence-electron chi connectivity index (χ0n) is 17.1. The molecule has 0 saturated heterocycles. The first-order chi connectivity index (χ1) is 13.1. The first-order valence-electron chi connectivity index (χ1n) is 10.8. The third-order valence-corrected chi connectivity index (χ3v) is 4.56. The van der Waals surface area contributed by atoms with Crippen LogP contribution in [0.25, 0.3) is 0 Å². The Morgan fingerprint density at radius 3 is 1.63 bits per heavy atom. The number of carbonyl (C=O) groups excluding carboxylic acids is 2. The van der Waals surface area contributed by atoms with Gasteiger partial charge in [-0.2, -0.15) is 5.48 Å². The maximum atomic E-state index is 11.5. The average molecular weight is 386 g/mol. The molecule has 0 heterocycles. The van der Waals surface area contributed by atoms with Crippen LogP contribution in [0.2, 0.25) is 0 Å². The molecule has 6 heteroatoms. The van der Waals surface area contributed by atoms with E-state index in [2.05, 4.69) is 17.2 Å². The maximum absolute atomic E-state index is 11.5. The average Bonchev–Trinajstić information content (AvgIpc) is 2.63. The van der Waals surface area contributed by atoms with Gasteiger partial charge in [0.1, 0.15) is 0 Å². The molecular formula is C21H39NO5. The summed E-state index contributed by atoms with van der Waals surface area (Å²) in [6, 6.07) is 0. The highest BCUT2D eigenvalue weighted by Gasteiger charge is 2.08. The molecule has 0 saturated carbocycles. The lowest BCUT2D eigenvalue weighted by atomic mass is 10.0. The Morgan fingerprint density at radius 1 is 0.667 bits per heavy atom. The van der Waals surface area contributed by atoms with E-state index in [0.717, 1.165) is 19.3 Å². The molecular weight excluding hydrogens is 346 g/mol. The van der Waals surface area contributed by atoms with Gasteiger partial charge in [0.05, 0.1) is 0 Å². The lowest BCUT2D eigenvalue weighted by Gasteiger charge is -2.05. The Kier molecular flexibility index (Phi) is 18.0. The second-order valence-corrected chi connectivity index (χ2v) is 7.24. The second-order valence-electron chi connectivity index (χ2n) is 7.24. The van der Waals surface area contributed by atoms with Gasteiger partial charge >= 0.3 is 11.9 Å². The van der Waals surface area contributed by atoms with Crippen molar-refractivity contribution in [3.8, 4) is 0 Å². The second kappa shape index (κ2) is 19.2. The van der Waals surface area contributed by atoms with Crippen LogP contribution in [0, 0.1) is 0 Å². The van der Waals surface area contributed by atoms with Crippen molar-refractivity contribution in [1.29, 1.82) is 0 Å². The zero-order chi connectivity index (χ0) is 20.2. The number of carboxylic acid groups (broad SMARTS) is 1. The topological polar surface area (TPSA) is 92.7 Å². The summed E-state index contributed by atoms with van der Waals surface area (Å²) < 4.78 is 0. The Bertz CT molecular complexity index is 398. The van der Waals surface area contributed by atoms with Crippen LogP contribution < -0.4 is 5.48 Å². The van der Waals surface area contributed by atoms with Crippen LogP contribution in [0.1, 0.15) is 116 Å². The van der Waals surface area contributed by atoms with E-state index in [-0.39, 0.29) is 25.2 Å². The van der Waals surface area contributed by atoms with E-state index >= 15 is 0 Å². The van der Waals surface area contributed by atoms with Crippen LogP contribution in [0.5, 0.6) is 0 Å². The first kappa shape index (κ1) is 25.4. The maximum Gasteiger partial charge on any atom is 0.332 e. The lowest BCUT2D eigenvalue weighted by Crippen LogP contribution is -2.26. The number of nitrogens with one attached hydrogen (secondary N) is 1. The number of carboxylic acids is 1. The van der Waals surface area contributed by atoms with Crippen molar-refractivity contribution in [3.05, 3.63) is 0 Å². The predicted octanol–water partition coefficient (Wildman–Crippen LogP) is 5.30. The quantitative estimate of drug-likeness (QED) is 0.247. The summed E-state index contributed by atoms with van der Waals surface area (Å²) in [7, 11) is 0. The molecule has 27 heavy (non-hydrogen) atoms. The molecule has 0 spiro atoms. The van der Waals surface area contributed by atoms with Gasteiger partial charge in [-0.3, -0.25) is 9.59 Å². The van der Waals surface area contributed by atoms with Crippen molar-refractivity contribution in [3.63, 3.8) is 0 Å². The van der Waals surface area contributed by atoms with Gasteiger partial charge in [0.25, 0.3) is 5.91 Å². The third-order valence-electron chi connectivity index (χ3n) is 4.56. The normalized spacial score (nSPS) is 10.6. The van der Waals surface area contributed by atoms with Crippen molar-refractivity contribution in [2.24, 2.45) is 0 Å². The fraction of sp³-hybridized carbons (Fsp3) is 0.857. The smallest absolute Gasteiger partial charge is 0.332 e. The van der Waals surface area contributed by atoms with Gasteiger partial charge in [-0.25, -0.2) is 4.79 Å². The Balaban J connectivity index is 3.29. The number of rotatable bonds is 18. The van der Waals surface area contributed by atoms with E-state index in [1.165, 1.54) is 64.2 Å². The molecule has 1 amide bonds. The van der Waals surface area contributed by atoms with E-state index in [9.17, 15) is 14.4 Å². The number of aliphatic carboxylic acids is 1. The molecule has 0 aliphatic rings. The molecule has 0 aliphatic heterocycles. The number of amides is 1. The largest absolute Gasteiger partial charge is 0.481 e. The van der Waals surface area contributed by atoms with E-state index < -0.39 is 11.9 Å². The van der Waals surface area contributed by atoms with Crippen LogP contribution in [0.3, 0.4) is 0 Å². The minimum Gasteiger partial charge on any atom is -0.481 e. The van der Waals surface area contributed by atoms with Crippen LogP contribution in [0.4, 0.5) is 0 Å². The molecule has 0 aromatic carbocycles. The van der Waals surface area contributed by atoms with Gasteiger partial charge in [-0.1, -0.05) is 84.0 Å². The third kappa shape index (κ3) is 20.6. The number of unbranched alkanes of at least 4 members (excludes halogenated alkanes) is 12. The fourth-order valence-electron chi connectivity index (χ4n) is 2.90. The van der Waals surface area contributed by atoms with Crippen LogP contribution >= 0.6 is 0 Å². The highest BCUT2D eigenvalue weighted by molar-refractivity contribution is 5.78. The van der Waals surface area contributed by atoms with Gasteiger partial charge in [0.2, 0.25) is 0 Å². The summed E-state index contributed by atoms with van der Waals surface area (Å²) in [5.74, 6) is -1.85. The molecule has 0 radical (unpaired) electrons. The van der Waals surface area contributed by atoms with Gasteiger partial charge in [0, 0.05) is 19.3 Å². The van der Waals surface area contributed by atoms with Crippen LogP contribution in [-0.4, -0.2) is 23.0 Å². The van der Waals surface area contributed by atoms with E-state index in [1.807, 2.05) is 0 Å². The van der Waals surface area contributed by atoms with Gasteiger partial charge in [0.15, 0.2) is 0 Å². The molecule has 0 fully saturated rings. The highest BCUT2D eigenvalue weighted by Crippen LogP contribution is 2.12. The number of hydrogen-bond acceptors (Lipinski definition) is 4. The minimum atomic E-state index is -0.950. The summed E-state index contributed by atoms with van der Waals surface area (Å²) in [6.07, 6.45) is 16.7. The minimum absolute atomic E-state index is 0.00861. The Labute approximate surface area is 164 Å². The summed E-state index contributed by atoms with van der Waals surface area (Å²) in [6.45, 7) is 2.24. The number of hydrogen-bond donors (Lipinski definition) is 2. The summed E-state index contributed by atoms with van der Waals surface area (Å²) in [5, 5.41) is 8.47. The summed E-state index contributed by atoms with van der Waals surface area (Å²) in [4.78, 5) is 37.8. The Morgan fingerprint density at radius 2 is 1.15 bits per heavy atom. The molecule has 158 valence electrons. The van der Waals surface area contributed by atoms with Crippen molar-refractivity contribution >= 4 is 17.8 Å². The van der Waals surface area contributed by atoms with Gasteiger partial charge < -0.3 is 9.94 Å². The summed E-state index contributed by atoms with van der Waals surface area (Å²) in [5.41, 5.74) is 2.13. The van der Waals surface area contributed by atoms with Crippen LogP contribution in [0.15, 0.2) is 0 Å². The fourth-order valence-corrected chi connectivity index (χ4v) is 2.90. The summed E-state index contributed by atoms with van der Waals surface area (Å²) >= 11 is 0. The monoisotopic (exact) mass is 385 g/mol. The van der Waals surface area contributed by atoms with Crippen LogP contribution in [-0.2, 0) is 19.2 Å². The van der Waals surface area contributed by atoms with Crippen molar-refractivity contribution in [2.45, 2.75) is 116 Å². The van der Waals surface area contributed by atoms with Gasteiger partial charge in [-0.15, -0.1) is 0 Å². The van der Waals surface area contributed by atoms with Crippen molar-refractivity contribution in [1.82, 2.24) is 5.48 Å². The standard InChI is InChI=1S/C21H39NO5/c1-2-3-4-5-6-7-8-9-10-11-12-13-14-16-19(23)22-27-21(26)18-15-17-20(24)25/h2-18H2,1H3,(H,22,23)(H,24,25). The molecule has 0 aromatic heterocycles. The molecule has 0 aliphatic carbocycles. The first-order valence-corrected chi connectivity index (χ1v) is 10.8. The van der Waals surface area contributed by atoms with E-state index in [1.54, 1.807) is 0 Å². The van der Waals surface area contributed by atoms with E-state index in [4.69, 9.17) is 5.11 Å². The molecule has 0 aromatic rings.